The number of rotatable bonds is 5. The number of carbonyl (C=O) groups excluding carboxylic acids is 1. The summed E-state index contributed by atoms with van der Waals surface area (Å²) < 4.78 is 0.0474. The zero-order valence-electron chi connectivity index (χ0n) is 8.06. The second kappa shape index (κ2) is 6.69. The summed E-state index contributed by atoms with van der Waals surface area (Å²) in [7, 11) is 0. The largest absolute Gasteiger partial charge is 0.347 e. The Morgan fingerprint density at radius 2 is 2.08 bits per heavy atom. The van der Waals surface area contributed by atoms with Gasteiger partial charge >= 0.3 is 0 Å². The Morgan fingerprint density at radius 1 is 1.50 bits per heavy atom. The summed E-state index contributed by atoms with van der Waals surface area (Å²) in [4.78, 5) is 10.6. The third-order valence-electron chi connectivity index (χ3n) is 2.25. The van der Waals surface area contributed by atoms with Gasteiger partial charge in [0.25, 0.3) is 3.91 Å². The van der Waals surface area contributed by atoms with Crippen molar-refractivity contribution in [3.63, 3.8) is 0 Å². The molecule has 1 N–H and O–H groups in total. The van der Waals surface area contributed by atoms with Gasteiger partial charge in [-0.25, -0.2) is 0 Å². The zero-order chi connectivity index (χ0) is 9.56. The van der Waals surface area contributed by atoms with Crippen molar-refractivity contribution in [2.45, 2.75) is 33.6 Å². The number of amides is 1. The van der Waals surface area contributed by atoms with Crippen LogP contribution in [-0.4, -0.2) is 10.5 Å². The van der Waals surface area contributed by atoms with Crippen molar-refractivity contribution in [2.75, 3.05) is 6.54 Å². The van der Waals surface area contributed by atoms with Gasteiger partial charge < -0.3 is 5.32 Å². The number of nitrogens with one attached hydrogen (secondary N) is 1. The Morgan fingerprint density at radius 3 is 2.42 bits per heavy atom. The van der Waals surface area contributed by atoms with Gasteiger partial charge in [-0.15, -0.1) is 0 Å². The summed E-state index contributed by atoms with van der Waals surface area (Å²) in [6, 6.07) is 0. The van der Waals surface area contributed by atoms with Crippen molar-refractivity contribution in [1.82, 2.24) is 5.32 Å². The highest BCUT2D eigenvalue weighted by Crippen LogP contribution is 2.17. The van der Waals surface area contributed by atoms with Crippen molar-refractivity contribution in [2.24, 2.45) is 11.8 Å². The van der Waals surface area contributed by atoms with E-state index in [9.17, 15) is 4.79 Å². The molecule has 0 spiro atoms. The van der Waals surface area contributed by atoms with E-state index in [-0.39, 0.29) is 3.91 Å². The van der Waals surface area contributed by atoms with Crippen LogP contribution >= 0.6 is 22.6 Å². The van der Waals surface area contributed by atoms with Gasteiger partial charge in [0.05, 0.1) is 0 Å². The van der Waals surface area contributed by atoms with Gasteiger partial charge in [-0.2, -0.15) is 0 Å². The van der Waals surface area contributed by atoms with E-state index in [1.54, 1.807) is 22.6 Å². The van der Waals surface area contributed by atoms with Crippen LogP contribution in [0.2, 0.25) is 0 Å². The van der Waals surface area contributed by atoms with E-state index in [1.807, 2.05) is 0 Å². The van der Waals surface area contributed by atoms with Crippen molar-refractivity contribution in [1.29, 1.82) is 0 Å². The lowest BCUT2D eigenvalue weighted by Crippen LogP contribution is -2.21. The highest BCUT2D eigenvalue weighted by Gasteiger charge is 2.10. The van der Waals surface area contributed by atoms with Crippen LogP contribution in [0, 0.1) is 11.8 Å². The Labute approximate surface area is 88.6 Å². The Balaban J connectivity index is 3.51. The molecule has 0 bridgehead atoms. The van der Waals surface area contributed by atoms with Crippen LogP contribution in [0.1, 0.15) is 33.6 Å². The Bertz CT molecular complexity index is 136. The second-order valence-corrected chi connectivity index (χ2v) is 4.38. The van der Waals surface area contributed by atoms with Gasteiger partial charge in [0, 0.05) is 29.1 Å². The Hall–Kier alpha value is 0.200. The molecule has 1 amide bonds. The molecule has 0 rings (SSSR count). The molecule has 12 heavy (non-hydrogen) atoms. The first kappa shape index (κ1) is 12.2. The molecule has 0 aliphatic heterocycles. The predicted octanol–water partition coefficient (Wildman–Crippen LogP) is 3.20. The molecule has 3 heteroatoms. The average Bonchev–Trinajstić information content (AvgIpc) is 1.96. The standard InChI is InChI=1S/C9H18INO/c1-4-8(7(2)3)5-6-11-9(10)12/h7-8H,4-6H2,1-3H3,(H,11,12). The van der Waals surface area contributed by atoms with Gasteiger partial charge in [0.1, 0.15) is 0 Å². The molecule has 72 valence electrons. The highest BCUT2D eigenvalue weighted by molar-refractivity contribution is 14.1. The minimum absolute atomic E-state index is 0.0474. The minimum Gasteiger partial charge on any atom is -0.347 e. The first-order chi connectivity index (χ1) is 5.57. The van der Waals surface area contributed by atoms with E-state index in [1.165, 1.54) is 6.42 Å². The maximum Gasteiger partial charge on any atom is 0.280 e. The van der Waals surface area contributed by atoms with Crippen LogP contribution in [0.25, 0.3) is 0 Å². The van der Waals surface area contributed by atoms with E-state index in [4.69, 9.17) is 0 Å². The number of hydrogen-bond acceptors (Lipinski definition) is 1. The maximum atomic E-state index is 10.6. The van der Waals surface area contributed by atoms with E-state index in [0.717, 1.165) is 24.8 Å². The van der Waals surface area contributed by atoms with Gasteiger partial charge in [-0.3, -0.25) is 4.79 Å². The molecule has 0 aliphatic carbocycles. The summed E-state index contributed by atoms with van der Waals surface area (Å²) in [5.74, 6) is 1.47. The fraction of sp³-hybridized carbons (Fsp3) is 0.889. The molecule has 0 aromatic rings. The lowest BCUT2D eigenvalue weighted by Gasteiger charge is -2.18. The molecule has 0 aromatic carbocycles. The third kappa shape index (κ3) is 5.80. The molecule has 0 saturated carbocycles. The molecular formula is C9H18INO. The monoisotopic (exact) mass is 283 g/mol. The van der Waals surface area contributed by atoms with Crippen molar-refractivity contribution >= 4 is 26.5 Å². The van der Waals surface area contributed by atoms with Crippen molar-refractivity contribution in [3.8, 4) is 0 Å². The molecular weight excluding hydrogens is 265 g/mol. The highest BCUT2D eigenvalue weighted by atomic mass is 127. The number of carbonyl (C=O) groups is 1. The van der Waals surface area contributed by atoms with Crippen molar-refractivity contribution in [3.05, 3.63) is 0 Å². The summed E-state index contributed by atoms with van der Waals surface area (Å²) in [6.45, 7) is 7.50. The molecule has 1 atom stereocenters. The van der Waals surface area contributed by atoms with E-state index in [2.05, 4.69) is 26.1 Å². The normalized spacial score (nSPS) is 13.1. The molecule has 0 aliphatic rings. The van der Waals surface area contributed by atoms with Crippen LogP contribution < -0.4 is 5.32 Å². The molecule has 0 fully saturated rings. The van der Waals surface area contributed by atoms with Crippen LogP contribution in [0.15, 0.2) is 0 Å². The summed E-state index contributed by atoms with van der Waals surface area (Å²) in [5.41, 5.74) is 0. The first-order valence-corrected chi connectivity index (χ1v) is 5.59. The lowest BCUT2D eigenvalue weighted by atomic mass is 9.90. The SMILES string of the molecule is CCC(CCNC(=O)I)C(C)C. The fourth-order valence-electron chi connectivity index (χ4n) is 1.36. The van der Waals surface area contributed by atoms with Crippen LogP contribution in [0.4, 0.5) is 4.79 Å². The van der Waals surface area contributed by atoms with Gasteiger partial charge in [0.2, 0.25) is 0 Å². The molecule has 0 aromatic heterocycles. The Kier molecular flexibility index (Phi) is 6.80. The molecule has 1 unspecified atom stereocenters. The topological polar surface area (TPSA) is 29.1 Å². The van der Waals surface area contributed by atoms with Crippen LogP contribution in [0.3, 0.4) is 0 Å². The fourth-order valence-corrected chi connectivity index (χ4v) is 1.63. The zero-order valence-corrected chi connectivity index (χ0v) is 10.2. The predicted molar refractivity (Wildman–Crippen MR) is 60.7 cm³/mol. The quantitative estimate of drug-likeness (QED) is 0.468. The second-order valence-electron chi connectivity index (χ2n) is 3.40. The number of halogens is 1. The summed E-state index contributed by atoms with van der Waals surface area (Å²) >= 11 is 1.77. The summed E-state index contributed by atoms with van der Waals surface area (Å²) in [6.07, 6.45) is 2.30. The van der Waals surface area contributed by atoms with Gasteiger partial charge in [0.15, 0.2) is 0 Å². The smallest absolute Gasteiger partial charge is 0.280 e. The van der Waals surface area contributed by atoms with E-state index in [0.29, 0.717) is 0 Å². The van der Waals surface area contributed by atoms with Gasteiger partial charge in [-0.05, 0) is 18.3 Å². The summed E-state index contributed by atoms with van der Waals surface area (Å²) in [5, 5.41) is 2.81. The molecule has 0 heterocycles. The van der Waals surface area contributed by atoms with E-state index < -0.39 is 0 Å². The average molecular weight is 283 g/mol. The number of hydrogen-bond donors (Lipinski definition) is 1. The molecule has 2 nitrogen and oxygen atoms in total. The van der Waals surface area contributed by atoms with E-state index >= 15 is 0 Å². The van der Waals surface area contributed by atoms with Crippen molar-refractivity contribution < 1.29 is 4.79 Å². The first-order valence-electron chi connectivity index (χ1n) is 4.51. The third-order valence-corrected chi connectivity index (χ3v) is 2.63. The van der Waals surface area contributed by atoms with Crippen LogP contribution in [0.5, 0.6) is 0 Å². The maximum absolute atomic E-state index is 10.6. The lowest BCUT2D eigenvalue weighted by molar-refractivity contribution is 0.260. The van der Waals surface area contributed by atoms with Gasteiger partial charge in [-0.1, -0.05) is 27.2 Å². The van der Waals surface area contributed by atoms with Crippen LogP contribution in [-0.2, 0) is 0 Å². The minimum atomic E-state index is 0.0474. The molecule has 0 saturated heterocycles. The molecule has 0 radical (unpaired) electrons.